The first-order valence-corrected chi connectivity index (χ1v) is 13.8. The van der Waals surface area contributed by atoms with Crippen molar-refractivity contribution in [2.75, 3.05) is 37.3 Å². The minimum Gasteiger partial charge on any atom is -0.440 e. The maximum Gasteiger partial charge on any atom is 0.246 e. The highest BCUT2D eigenvalue weighted by molar-refractivity contribution is 7.85. The van der Waals surface area contributed by atoms with Crippen molar-refractivity contribution < 1.29 is 23.1 Å². The SMILES string of the molecule is CN1C[C@@H]([NH2+]c2nc(N3CCC(C)(c4nc5cc(F)ccc5o4)CC3)nc3c2S(=O)CC3)CCC1=O. The molecule has 9 nitrogen and oxygen atoms in total. The second-order valence-electron chi connectivity index (χ2n) is 10.4. The van der Waals surface area contributed by atoms with Crippen LogP contribution in [0.15, 0.2) is 27.5 Å². The molecule has 0 radical (unpaired) electrons. The summed E-state index contributed by atoms with van der Waals surface area (Å²) in [4.78, 5) is 30.9. The summed E-state index contributed by atoms with van der Waals surface area (Å²) in [7, 11) is 0.735. The van der Waals surface area contributed by atoms with Crippen molar-refractivity contribution in [3.63, 3.8) is 0 Å². The van der Waals surface area contributed by atoms with Crippen LogP contribution in [0.3, 0.4) is 0 Å². The van der Waals surface area contributed by atoms with E-state index in [0.717, 1.165) is 48.8 Å². The lowest BCUT2D eigenvalue weighted by Crippen LogP contribution is -2.88. The van der Waals surface area contributed by atoms with Gasteiger partial charge in [-0.1, -0.05) is 6.92 Å². The van der Waals surface area contributed by atoms with E-state index in [1.54, 1.807) is 11.0 Å². The molecule has 2 N–H and O–H groups in total. The number of likely N-dealkylation sites (tertiary alicyclic amines) is 1. The number of carbonyl (C=O) groups is 1. The van der Waals surface area contributed by atoms with E-state index in [-0.39, 0.29) is 23.2 Å². The predicted octanol–water partition coefficient (Wildman–Crippen LogP) is 1.79. The molecule has 0 saturated carbocycles. The number of piperidine rings is 2. The van der Waals surface area contributed by atoms with Crippen molar-refractivity contribution in [3.05, 3.63) is 35.6 Å². The Morgan fingerprint density at radius 1 is 1.19 bits per heavy atom. The first-order chi connectivity index (χ1) is 17.3. The molecular weight excluding hydrogens is 483 g/mol. The van der Waals surface area contributed by atoms with E-state index in [0.29, 0.717) is 48.1 Å². The highest BCUT2D eigenvalue weighted by Gasteiger charge is 2.38. The first kappa shape index (κ1) is 23.5. The van der Waals surface area contributed by atoms with Gasteiger partial charge in [0.2, 0.25) is 23.6 Å². The van der Waals surface area contributed by atoms with Crippen LogP contribution < -0.4 is 10.2 Å². The Kier molecular flexibility index (Phi) is 5.79. The van der Waals surface area contributed by atoms with Crippen molar-refractivity contribution in [2.24, 2.45) is 0 Å². The Morgan fingerprint density at radius 3 is 2.78 bits per heavy atom. The summed E-state index contributed by atoms with van der Waals surface area (Å²) in [6.07, 6.45) is 3.58. The van der Waals surface area contributed by atoms with Crippen LogP contribution in [0.25, 0.3) is 11.1 Å². The van der Waals surface area contributed by atoms with E-state index in [1.165, 1.54) is 12.1 Å². The number of halogens is 1. The van der Waals surface area contributed by atoms with Gasteiger partial charge in [0.1, 0.15) is 22.3 Å². The molecule has 6 rings (SSSR count). The number of anilines is 1. The zero-order chi connectivity index (χ0) is 25.0. The number of oxazole rings is 1. The average molecular weight is 514 g/mol. The van der Waals surface area contributed by atoms with Gasteiger partial charge in [-0.3, -0.25) is 14.3 Å². The maximum absolute atomic E-state index is 13.6. The van der Waals surface area contributed by atoms with Gasteiger partial charge >= 0.3 is 0 Å². The largest absolute Gasteiger partial charge is 0.440 e. The zero-order valence-electron chi connectivity index (χ0n) is 20.5. The summed E-state index contributed by atoms with van der Waals surface area (Å²) >= 11 is 0. The second kappa shape index (κ2) is 8.88. The molecule has 1 aromatic carbocycles. The summed E-state index contributed by atoms with van der Waals surface area (Å²) < 4.78 is 32.4. The van der Waals surface area contributed by atoms with E-state index >= 15 is 0 Å². The molecule has 1 amide bonds. The molecule has 11 heteroatoms. The van der Waals surface area contributed by atoms with E-state index in [2.05, 4.69) is 22.1 Å². The molecule has 36 heavy (non-hydrogen) atoms. The number of amides is 1. The normalized spacial score (nSPS) is 23.9. The standard InChI is InChI=1S/C25H29FN6O3S/c1-25(23-28-18-13-15(26)3-5-19(18)35-23)8-10-32(11-9-25)24-29-17-7-12-36(34)21(17)22(30-24)27-16-4-6-20(33)31(2)14-16/h3,5,13,16H,4,6-12,14H2,1-2H3,(H,27,29,30)/p+1/t16-,36?/m0/s1. The molecule has 2 atom stereocenters. The minimum absolute atomic E-state index is 0.164. The molecule has 0 bridgehead atoms. The molecule has 1 unspecified atom stereocenters. The molecular formula is C25H30FN6O3S+. The maximum atomic E-state index is 13.6. The van der Waals surface area contributed by atoms with Crippen molar-refractivity contribution >= 4 is 39.6 Å². The molecule has 3 aliphatic heterocycles. The molecule has 190 valence electrons. The molecule has 0 spiro atoms. The molecule has 2 aromatic heterocycles. The number of rotatable bonds is 4. The number of likely N-dealkylation sites (N-methyl/N-ethyl adjacent to an activating group) is 1. The van der Waals surface area contributed by atoms with Crippen molar-refractivity contribution in [1.82, 2.24) is 19.9 Å². The summed E-state index contributed by atoms with van der Waals surface area (Å²) in [6.45, 7) is 4.24. The number of fused-ring (bicyclic) bond motifs is 2. The van der Waals surface area contributed by atoms with Crippen LogP contribution in [-0.4, -0.2) is 68.4 Å². The number of carbonyl (C=O) groups excluding carboxylic acids is 1. The Morgan fingerprint density at radius 2 is 2.00 bits per heavy atom. The highest BCUT2D eigenvalue weighted by Crippen LogP contribution is 2.37. The smallest absolute Gasteiger partial charge is 0.246 e. The molecule has 3 aliphatic rings. The van der Waals surface area contributed by atoms with Crippen LogP contribution in [0.4, 0.5) is 16.2 Å². The van der Waals surface area contributed by atoms with Crippen molar-refractivity contribution in [2.45, 2.75) is 55.4 Å². The third kappa shape index (κ3) is 4.17. The average Bonchev–Trinajstić information content (AvgIpc) is 3.46. The van der Waals surface area contributed by atoms with Crippen LogP contribution in [-0.2, 0) is 27.4 Å². The number of hydrogen-bond donors (Lipinski definition) is 1. The van der Waals surface area contributed by atoms with Gasteiger partial charge < -0.3 is 14.2 Å². The van der Waals surface area contributed by atoms with E-state index in [4.69, 9.17) is 14.4 Å². The Balaban J connectivity index is 1.23. The number of nitrogens with zero attached hydrogens (tertiary/aromatic N) is 5. The van der Waals surface area contributed by atoms with Gasteiger partial charge in [0.15, 0.2) is 5.58 Å². The lowest BCUT2D eigenvalue weighted by atomic mass is 9.80. The quantitative estimate of drug-likeness (QED) is 0.567. The minimum atomic E-state index is -1.09. The Labute approximate surface area is 210 Å². The first-order valence-electron chi connectivity index (χ1n) is 12.5. The van der Waals surface area contributed by atoms with E-state index < -0.39 is 10.8 Å². The van der Waals surface area contributed by atoms with Crippen LogP contribution in [0, 0.1) is 5.82 Å². The number of hydrogen-bond acceptors (Lipinski definition) is 7. The van der Waals surface area contributed by atoms with Gasteiger partial charge in [-0.25, -0.2) is 14.4 Å². The number of aryl methyl sites for hydroxylation is 1. The molecule has 3 aromatic rings. The van der Waals surface area contributed by atoms with Crippen LogP contribution in [0.1, 0.15) is 44.2 Å². The zero-order valence-corrected chi connectivity index (χ0v) is 21.3. The topological polar surface area (TPSA) is 109 Å². The van der Waals surface area contributed by atoms with Crippen LogP contribution >= 0.6 is 0 Å². The summed E-state index contributed by atoms with van der Waals surface area (Å²) in [5, 5.41) is 2.10. The third-order valence-corrected chi connectivity index (χ3v) is 9.25. The van der Waals surface area contributed by atoms with Crippen LogP contribution in [0.5, 0.6) is 0 Å². The fourth-order valence-electron chi connectivity index (χ4n) is 5.44. The van der Waals surface area contributed by atoms with Crippen LogP contribution in [0.2, 0.25) is 0 Å². The van der Waals surface area contributed by atoms with Crippen molar-refractivity contribution in [1.29, 1.82) is 0 Å². The molecule has 2 saturated heterocycles. The van der Waals surface area contributed by atoms with Gasteiger partial charge in [-0.2, -0.15) is 4.98 Å². The number of quaternary nitrogens is 1. The Bertz CT molecular complexity index is 1370. The van der Waals surface area contributed by atoms with Crippen molar-refractivity contribution in [3.8, 4) is 0 Å². The summed E-state index contributed by atoms with van der Waals surface area (Å²) in [6, 6.07) is 4.60. The summed E-state index contributed by atoms with van der Waals surface area (Å²) in [5.41, 5.74) is 1.75. The second-order valence-corrected chi connectivity index (χ2v) is 11.9. The lowest BCUT2D eigenvalue weighted by Gasteiger charge is -2.37. The van der Waals surface area contributed by atoms with Gasteiger partial charge in [0.25, 0.3) is 0 Å². The fourth-order valence-corrected chi connectivity index (χ4v) is 6.78. The number of aromatic nitrogens is 3. The molecule has 2 fully saturated rings. The monoisotopic (exact) mass is 513 g/mol. The third-order valence-electron chi connectivity index (χ3n) is 7.77. The number of benzene rings is 1. The molecule has 0 aliphatic carbocycles. The summed E-state index contributed by atoms with van der Waals surface area (Å²) in [5.74, 6) is 2.48. The fraction of sp³-hybridized carbons (Fsp3) is 0.520. The molecule has 5 heterocycles. The van der Waals surface area contributed by atoms with Gasteiger partial charge in [0.05, 0.1) is 23.0 Å². The van der Waals surface area contributed by atoms with Gasteiger partial charge in [0, 0.05) is 56.6 Å². The highest BCUT2D eigenvalue weighted by atomic mass is 32.2. The van der Waals surface area contributed by atoms with Gasteiger partial charge in [-0.05, 0) is 25.0 Å². The van der Waals surface area contributed by atoms with E-state index in [1.807, 2.05) is 7.05 Å². The van der Waals surface area contributed by atoms with Gasteiger partial charge in [-0.15, -0.1) is 0 Å². The lowest BCUT2D eigenvalue weighted by molar-refractivity contribution is -0.617. The predicted molar refractivity (Wildman–Crippen MR) is 132 cm³/mol. The number of nitrogens with two attached hydrogens (primary N) is 1. The van der Waals surface area contributed by atoms with E-state index in [9.17, 15) is 13.4 Å². The Hall–Kier alpha value is -2.92.